The molecule has 0 bridgehead atoms. The summed E-state index contributed by atoms with van der Waals surface area (Å²) in [5.74, 6) is 0.596. The van der Waals surface area contributed by atoms with E-state index in [1.807, 2.05) is 13.8 Å². The molecule has 0 aliphatic carbocycles. The van der Waals surface area contributed by atoms with E-state index in [1.165, 1.54) is 0 Å². The predicted molar refractivity (Wildman–Crippen MR) is 39.2 cm³/mol. The number of nitrogens with two attached hydrogens (primary N) is 2. The topological polar surface area (TPSA) is 82.8 Å². The van der Waals surface area contributed by atoms with E-state index in [4.69, 9.17) is 11.5 Å². The lowest BCUT2D eigenvalue weighted by atomic mass is 10.4. The van der Waals surface area contributed by atoms with Gasteiger partial charge in [-0.15, -0.1) is 5.10 Å². The standard InChI is InChI=1S/C5H11N5/c1-3(2)10-5(7)8-4(6)9-10/h3H,1-2H3,(H4,6,7,8,9). The fourth-order valence-corrected chi connectivity index (χ4v) is 0.733. The lowest BCUT2D eigenvalue weighted by Crippen LogP contribution is -2.07. The molecule has 0 amide bonds. The highest BCUT2D eigenvalue weighted by atomic mass is 15.4. The van der Waals surface area contributed by atoms with Gasteiger partial charge in [-0.25, -0.2) is 4.68 Å². The van der Waals surface area contributed by atoms with Crippen LogP contribution in [-0.4, -0.2) is 14.8 Å². The molecule has 0 saturated heterocycles. The summed E-state index contributed by atoms with van der Waals surface area (Å²) in [5, 5.41) is 3.87. The zero-order chi connectivity index (χ0) is 7.72. The molecule has 0 unspecified atom stereocenters. The minimum atomic E-state index is 0.213. The van der Waals surface area contributed by atoms with Gasteiger partial charge in [-0.1, -0.05) is 0 Å². The van der Waals surface area contributed by atoms with Crippen molar-refractivity contribution in [3.8, 4) is 0 Å². The molecule has 1 heterocycles. The van der Waals surface area contributed by atoms with Crippen molar-refractivity contribution in [3.05, 3.63) is 0 Å². The normalized spacial score (nSPS) is 10.7. The summed E-state index contributed by atoms with van der Waals surface area (Å²) in [6, 6.07) is 0.213. The van der Waals surface area contributed by atoms with Crippen molar-refractivity contribution in [1.29, 1.82) is 0 Å². The molecule has 1 aromatic rings. The Labute approximate surface area is 59.0 Å². The van der Waals surface area contributed by atoms with Crippen molar-refractivity contribution < 1.29 is 0 Å². The highest BCUT2D eigenvalue weighted by Crippen LogP contribution is 2.08. The van der Waals surface area contributed by atoms with E-state index in [0.29, 0.717) is 5.95 Å². The maximum atomic E-state index is 5.45. The van der Waals surface area contributed by atoms with Gasteiger partial charge in [0, 0.05) is 0 Å². The number of anilines is 2. The molecule has 56 valence electrons. The molecule has 0 aromatic carbocycles. The van der Waals surface area contributed by atoms with Crippen LogP contribution in [0.15, 0.2) is 0 Å². The SMILES string of the molecule is CC(C)n1nc(N)nc1N. The van der Waals surface area contributed by atoms with Crippen molar-refractivity contribution in [2.75, 3.05) is 11.5 Å². The maximum absolute atomic E-state index is 5.45. The van der Waals surface area contributed by atoms with E-state index in [2.05, 4.69) is 10.1 Å². The van der Waals surface area contributed by atoms with Crippen LogP contribution < -0.4 is 11.5 Å². The summed E-state index contributed by atoms with van der Waals surface area (Å²) in [5.41, 5.74) is 10.7. The molecule has 1 rings (SSSR count). The first-order chi connectivity index (χ1) is 4.61. The van der Waals surface area contributed by atoms with Crippen molar-refractivity contribution in [2.45, 2.75) is 19.9 Å². The molecule has 0 fully saturated rings. The smallest absolute Gasteiger partial charge is 0.241 e. The Morgan fingerprint density at radius 3 is 2.20 bits per heavy atom. The zero-order valence-corrected chi connectivity index (χ0v) is 6.07. The first kappa shape index (κ1) is 6.85. The number of aromatic nitrogens is 3. The third-order valence-electron chi connectivity index (χ3n) is 1.16. The van der Waals surface area contributed by atoms with Gasteiger partial charge in [0.25, 0.3) is 0 Å². The van der Waals surface area contributed by atoms with Crippen LogP contribution in [0.3, 0.4) is 0 Å². The Morgan fingerprint density at radius 1 is 1.40 bits per heavy atom. The van der Waals surface area contributed by atoms with Crippen LogP contribution in [-0.2, 0) is 0 Å². The van der Waals surface area contributed by atoms with Crippen LogP contribution in [0.5, 0.6) is 0 Å². The third kappa shape index (κ3) is 1.02. The first-order valence-electron chi connectivity index (χ1n) is 3.08. The van der Waals surface area contributed by atoms with E-state index >= 15 is 0 Å². The van der Waals surface area contributed by atoms with Crippen LogP contribution in [0.1, 0.15) is 19.9 Å². The lowest BCUT2D eigenvalue weighted by molar-refractivity contribution is 0.541. The number of hydrogen-bond acceptors (Lipinski definition) is 4. The Bertz CT molecular complexity index is 226. The van der Waals surface area contributed by atoms with E-state index in [0.717, 1.165) is 0 Å². The van der Waals surface area contributed by atoms with Crippen LogP contribution in [0.4, 0.5) is 11.9 Å². The predicted octanol–water partition coefficient (Wildman–Crippen LogP) is 0.0234. The molecular weight excluding hydrogens is 130 g/mol. The van der Waals surface area contributed by atoms with E-state index in [1.54, 1.807) is 4.68 Å². The molecular formula is C5H11N5. The monoisotopic (exact) mass is 141 g/mol. The van der Waals surface area contributed by atoms with Gasteiger partial charge < -0.3 is 11.5 Å². The Balaban J connectivity index is 3.03. The summed E-state index contributed by atoms with van der Waals surface area (Å²) in [4.78, 5) is 3.74. The lowest BCUT2D eigenvalue weighted by Gasteiger charge is -2.03. The minimum Gasteiger partial charge on any atom is -0.368 e. The second-order valence-electron chi connectivity index (χ2n) is 2.37. The molecule has 0 atom stereocenters. The molecule has 10 heavy (non-hydrogen) atoms. The Kier molecular flexibility index (Phi) is 1.48. The third-order valence-corrected chi connectivity index (χ3v) is 1.16. The Morgan fingerprint density at radius 2 is 2.00 bits per heavy atom. The van der Waals surface area contributed by atoms with Crippen LogP contribution in [0.25, 0.3) is 0 Å². The van der Waals surface area contributed by atoms with Gasteiger partial charge in [-0.05, 0) is 13.8 Å². The molecule has 0 aliphatic heterocycles. The molecule has 0 spiro atoms. The summed E-state index contributed by atoms with van der Waals surface area (Å²) >= 11 is 0. The number of nitrogens with zero attached hydrogens (tertiary/aromatic N) is 3. The van der Waals surface area contributed by atoms with E-state index in [9.17, 15) is 0 Å². The van der Waals surface area contributed by atoms with Crippen LogP contribution in [0, 0.1) is 0 Å². The molecule has 5 nitrogen and oxygen atoms in total. The van der Waals surface area contributed by atoms with Gasteiger partial charge in [-0.2, -0.15) is 4.98 Å². The van der Waals surface area contributed by atoms with Gasteiger partial charge >= 0.3 is 0 Å². The average molecular weight is 141 g/mol. The molecule has 0 radical (unpaired) electrons. The minimum absolute atomic E-state index is 0.213. The van der Waals surface area contributed by atoms with Crippen molar-refractivity contribution in [3.63, 3.8) is 0 Å². The quantitative estimate of drug-likeness (QED) is 0.577. The largest absolute Gasteiger partial charge is 0.368 e. The average Bonchev–Trinajstić information content (AvgIpc) is 2.10. The van der Waals surface area contributed by atoms with Crippen LogP contribution in [0.2, 0.25) is 0 Å². The zero-order valence-electron chi connectivity index (χ0n) is 6.07. The van der Waals surface area contributed by atoms with Crippen molar-refractivity contribution >= 4 is 11.9 Å². The van der Waals surface area contributed by atoms with Gasteiger partial charge in [0.15, 0.2) is 0 Å². The maximum Gasteiger partial charge on any atom is 0.241 e. The van der Waals surface area contributed by atoms with E-state index < -0.39 is 0 Å². The highest BCUT2D eigenvalue weighted by Gasteiger charge is 2.05. The fourth-order valence-electron chi connectivity index (χ4n) is 0.733. The van der Waals surface area contributed by atoms with Gasteiger partial charge in [0.1, 0.15) is 0 Å². The summed E-state index contributed by atoms with van der Waals surface area (Å²) in [7, 11) is 0. The van der Waals surface area contributed by atoms with Gasteiger partial charge in [0.05, 0.1) is 6.04 Å². The summed E-state index contributed by atoms with van der Waals surface area (Å²) in [6.07, 6.45) is 0. The fraction of sp³-hybridized carbons (Fsp3) is 0.600. The van der Waals surface area contributed by atoms with E-state index in [-0.39, 0.29) is 12.0 Å². The van der Waals surface area contributed by atoms with Crippen molar-refractivity contribution in [2.24, 2.45) is 0 Å². The molecule has 0 aliphatic rings. The highest BCUT2D eigenvalue weighted by molar-refractivity contribution is 5.26. The molecule has 1 aromatic heterocycles. The number of nitrogen functional groups attached to an aromatic ring is 2. The molecule has 5 heteroatoms. The second kappa shape index (κ2) is 2.17. The number of hydrogen-bond donors (Lipinski definition) is 2. The van der Waals surface area contributed by atoms with Gasteiger partial charge in [0.2, 0.25) is 11.9 Å². The second-order valence-corrected chi connectivity index (χ2v) is 2.37. The van der Waals surface area contributed by atoms with Crippen LogP contribution >= 0.6 is 0 Å². The molecule has 0 saturated carbocycles. The van der Waals surface area contributed by atoms with Crippen molar-refractivity contribution in [1.82, 2.24) is 14.8 Å². The Hall–Kier alpha value is -1.26. The summed E-state index contributed by atoms with van der Waals surface area (Å²) in [6.45, 7) is 3.93. The van der Waals surface area contributed by atoms with Gasteiger partial charge in [-0.3, -0.25) is 0 Å². The molecule has 4 N–H and O–H groups in total. The number of rotatable bonds is 1. The first-order valence-corrected chi connectivity index (χ1v) is 3.08. The summed E-state index contributed by atoms with van der Waals surface area (Å²) < 4.78 is 1.58.